The van der Waals surface area contributed by atoms with Crippen molar-refractivity contribution in [3.8, 4) is 39.1 Å². The summed E-state index contributed by atoms with van der Waals surface area (Å²) >= 11 is 0. The Morgan fingerprint density at radius 1 is 0.491 bits per heavy atom. The molecule has 0 spiro atoms. The zero-order valence-corrected chi connectivity index (χ0v) is 28.4. The molecule has 1 aromatic heterocycles. The molecule has 7 heteroatoms. The van der Waals surface area contributed by atoms with E-state index >= 15 is 0 Å². The Hall–Kier alpha value is -6.73. The van der Waals surface area contributed by atoms with Crippen LogP contribution in [0.2, 0.25) is 0 Å². The minimum absolute atomic E-state index is 0.0602. The van der Waals surface area contributed by atoms with Crippen molar-refractivity contribution in [3.05, 3.63) is 180 Å². The van der Waals surface area contributed by atoms with Gasteiger partial charge in [-0.3, -0.25) is 9.59 Å². The van der Waals surface area contributed by atoms with Crippen molar-refractivity contribution in [1.82, 2.24) is 4.57 Å². The maximum Gasteiger partial charge on any atom is 0.417 e. The number of alkyl halides is 3. The molecule has 7 aromatic carbocycles. The maximum atomic E-state index is 14.7. The molecule has 0 saturated heterocycles. The number of imide groups is 1. The first kappa shape index (κ1) is 32.2. The number of carbonyl (C=O) groups is 2. The molecule has 4 nitrogen and oxygen atoms in total. The van der Waals surface area contributed by atoms with Crippen LogP contribution < -0.4 is 4.90 Å². The van der Waals surface area contributed by atoms with Gasteiger partial charge in [0, 0.05) is 10.8 Å². The number of hydrogen-bond acceptors (Lipinski definition) is 2. The van der Waals surface area contributed by atoms with Crippen LogP contribution in [0.3, 0.4) is 0 Å². The van der Waals surface area contributed by atoms with E-state index in [4.69, 9.17) is 0 Å². The molecule has 1 aliphatic heterocycles. The third-order valence-corrected chi connectivity index (χ3v) is 9.99. The van der Waals surface area contributed by atoms with Crippen molar-refractivity contribution in [3.63, 3.8) is 0 Å². The summed E-state index contributed by atoms with van der Waals surface area (Å²) in [5.74, 6) is -0.934. The molecule has 0 fully saturated rings. The number of rotatable bonds is 5. The lowest BCUT2D eigenvalue weighted by atomic mass is 9.96. The van der Waals surface area contributed by atoms with Gasteiger partial charge in [-0.15, -0.1) is 0 Å². The molecular weight excluding hydrogens is 670 g/mol. The minimum Gasteiger partial charge on any atom is -0.308 e. The zero-order valence-electron chi connectivity index (χ0n) is 28.4. The van der Waals surface area contributed by atoms with E-state index in [2.05, 4.69) is 0 Å². The third-order valence-electron chi connectivity index (χ3n) is 9.99. The average molecular weight is 699 g/mol. The number of anilines is 1. The number of para-hydroxylation sites is 1. The van der Waals surface area contributed by atoms with Gasteiger partial charge in [-0.1, -0.05) is 115 Å². The van der Waals surface area contributed by atoms with E-state index in [1.165, 1.54) is 11.0 Å². The summed E-state index contributed by atoms with van der Waals surface area (Å²) in [7, 11) is 0. The number of aryl methyl sites for hydroxylation is 1. The second kappa shape index (κ2) is 12.2. The van der Waals surface area contributed by atoms with Crippen molar-refractivity contribution >= 4 is 39.3 Å². The van der Waals surface area contributed by atoms with E-state index in [0.717, 1.165) is 44.6 Å². The molecular formula is C46H29F3N2O2. The van der Waals surface area contributed by atoms with Gasteiger partial charge in [0.05, 0.1) is 39.1 Å². The van der Waals surface area contributed by atoms with E-state index in [-0.39, 0.29) is 16.7 Å². The van der Waals surface area contributed by atoms with Gasteiger partial charge in [0.15, 0.2) is 0 Å². The lowest BCUT2D eigenvalue weighted by molar-refractivity contribution is -0.137. The van der Waals surface area contributed by atoms with E-state index < -0.39 is 23.6 Å². The van der Waals surface area contributed by atoms with Crippen molar-refractivity contribution in [2.24, 2.45) is 0 Å². The lowest BCUT2D eigenvalue weighted by Gasteiger charge is -2.18. The summed E-state index contributed by atoms with van der Waals surface area (Å²) in [6.45, 7) is 1.64. The highest BCUT2D eigenvalue weighted by Gasteiger charge is 2.40. The van der Waals surface area contributed by atoms with Gasteiger partial charge in [0.1, 0.15) is 0 Å². The molecule has 8 aromatic rings. The van der Waals surface area contributed by atoms with Crippen LogP contribution in [0.1, 0.15) is 31.8 Å². The van der Waals surface area contributed by atoms with Gasteiger partial charge < -0.3 is 4.57 Å². The Balaban J connectivity index is 1.24. The fourth-order valence-corrected chi connectivity index (χ4v) is 7.57. The van der Waals surface area contributed by atoms with Gasteiger partial charge in [0.25, 0.3) is 11.8 Å². The van der Waals surface area contributed by atoms with Crippen LogP contribution in [0.15, 0.2) is 158 Å². The summed E-state index contributed by atoms with van der Waals surface area (Å²) in [6, 6.07) is 47.8. The lowest BCUT2D eigenvalue weighted by Crippen LogP contribution is -2.29. The number of fused-ring (bicyclic) bond motifs is 4. The standard InChI is InChI=1S/C46H29F3N2O2/c1-28-19-21-35(39(23-28)46(47,48)49)31-20-22-37-36-15-8-9-17-40(36)51(42(37)27-31)41-18-10-16-38-43(41)45(53)50(44(38)52)34-25-32(29-11-4-2-5-12-29)24-33(26-34)30-13-6-3-7-14-30/h2-27H,1H3. The van der Waals surface area contributed by atoms with Crippen LogP contribution in [0, 0.1) is 6.92 Å². The first-order valence-corrected chi connectivity index (χ1v) is 17.2. The fraction of sp³-hybridized carbons (Fsp3) is 0.0435. The summed E-state index contributed by atoms with van der Waals surface area (Å²) < 4.78 is 44.8. The number of hydrogen-bond donors (Lipinski definition) is 0. The molecule has 0 aliphatic carbocycles. The van der Waals surface area contributed by atoms with Crippen molar-refractivity contribution in [2.45, 2.75) is 13.1 Å². The van der Waals surface area contributed by atoms with Gasteiger partial charge >= 0.3 is 6.18 Å². The van der Waals surface area contributed by atoms with Crippen molar-refractivity contribution in [1.29, 1.82) is 0 Å². The normalized spacial score (nSPS) is 12.9. The smallest absolute Gasteiger partial charge is 0.308 e. The molecule has 0 bridgehead atoms. The van der Waals surface area contributed by atoms with E-state index in [1.807, 2.05) is 114 Å². The Morgan fingerprint density at radius 3 is 1.81 bits per heavy atom. The van der Waals surface area contributed by atoms with Crippen LogP contribution >= 0.6 is 0 Å². The monoisotopic (exact) mass is 698 g/mol. The number of halogens is 3. The number of benzene rings is 7. The Bertz CT molecular complexity index is 2710. The molecule has 256 valence electrons. The Morgan fingerprint density at radius 2 is 1.13 bits per heavy atom. The van der Waals surface area contributed by atoms with Crippen LogP contribution in [-0.2, 0) is 6.18 Å². The molecule has 0 atom stereocenters. The molecule has 1 aliphatic rings. The minimum atomic E-state index is -4.56. The summed E-state index contributed by atoms with van der Waals surface area (Å²) in [5.41, 5.74) is 6.55. The average Bonchev–Trinajstić information content (AvgIpc) is 3.65. The molecule has 2 amide bonds. The van der Waals surface area contributed by atoms with E-state index in [1.54, 1.807) is 43.3 Å². The van der Waals surface area contributed by atoms with Crippen molar-refractivity contribution in [2.75, 3.05) is 4.90 Å². The number of nitrogens with zero attached hydrogens (tertiary/aromatic N) is 2. The van der Waals surface area contributed by atoms with Crippen LogP contribution in [0.5, 0.6) is 0 Å². The van der Waals surface area contributed by atoms with E-state index in [0.29, 0.717) is 28.0 Å². The van der Waals surface area contributed by atoms with Crippen LogP contribution in [-0.4, -0.2) is 16.4 Å². The molecule has 53 heavy (non-hydrogen) atoms. The molecule has 0 unspecified atom stereocenters. The highest BCUT2D eigenvalue weighted by atomic mass is 19.4. The van der Waals surface area contributed by atoms with E-state index in [9.17, 15) is 22.8 Å². The largest absolute Gasteiger partial charge is 0.417 e. The molecule has 2 heterocycles. The van der Waals surface area contributed by atoms with Gasteiger partial charge in [-0.25, -0.2) is 4.90 Å². The highest BCUT2D eigenvalue weighted by Crippen LogP contribution is 2.43. The quantitative estimate of drug-likeness (QED) is 0.168. The predicted molar refractivity (Wildman–Crippen MR) is 204 cm³/mol. The number of aromatic nitrogens is 1. The van der Waals surface area contributed by atoms with Gasteiger partial charge in [-0.2, -0.15) is 13.2 Å². The Labute approximate surface area is 303 Å². The maximum absolute atomic E-state index is 14.7. The SMILES string of the molecule is Cc1ccc(-c2ccc3c4ccccc4n(-c4cccc5c4C(=O)N(c4cc(-c6ccccc6)cc(-c6ccccc6)c4)C5=O)c3c2)c(C(F)(F)F)c1. The molecule has 0 radical (unpaired) electrons. The van der Waals surface area contributed by atoms with Crippen LogP contribution in [0.4, 0.5) is 18.9 Å². The summed E-state index contributed by atoms with van der Waals surface area (Å²) in [6.07, 6.45) is -4.56. The fourth-order valence-electron chi connectivity index (χ4n) is 7.57. The number of amides is 2. The molecule has 9 rings (SSSR count). The second-order valence-electron chi connectivity index (χ2n) is 13.3. The van der Waals surface area contributed by atoms with Gasteiger partial charge in [-0.05, 0) is 88.8 Å². The number of carbonyl (C=O) groups excluding carboxylic acids is 2. The predicted octanol–water partition coefficient (Wildman–Crippen LogP) is 11.9. The van der Waals surface area contributed by atoms with Crippen LogP contribution in [0.25, 0.3) is 60.9 Å². The first-order chi connectivity index (χ1) is 25.7. The second-order valence-corrected chi connectivity index (χ2v) is 13.3. The zero-order chi connectivity index (χ0) is 36.4. The van der Waals surface area contributed by atoms with Crippen molar-refractivity contribution < 1.29 is 22.8 Å². The molecule has 0 saturated carbocycles. The first-order valence-electron chi connectivity index (χ1n) is 17.2. The summed E-state index contributed by atoms with van der Waals surface area (Å²) in [5, 5.41) is 1.67. The van der Waals surface area contributed by atoms with Gasteiger partial charge in [0.2, 0.25) is 0 Å². The molecule has 0 N–H and O–H groups in total. The Kier molecular flexibility index (Phi) is 7.41. The topological polar surface area (TPSA) is 42.3 Å². The summed E-state index contributed by atoms with van der Waals surface area (Å²) in [4.78, 5) is 30.3. The third kappa shape index (κ3) is 5.32. The highest BCUT2D eigenvalue weighted by molar-refractivity contribution is 6.36.